The van der Waals surface area contributed by atoms with Crippen LogP contribution in [0.4, 0.5) is 0 Å². The molecular formula is C15H20N2OS. The quantitative estimate of drug-likeness (QED) is 0.921. The Hall–Kier alpha value is -1.00. The average Bonchev–Trinajstić information content (AvgIpc) is 2.96. The van der Waals surface area contributed by atoms with Crippen LogP contribution in [0.1, 0.15) is 23.7 Å². The van der Waals surface area contributed by atoms with Crippen molar-refractivity contribution in [2.24, 2.45) is 10.9 Å². The van der Waals surface area contributed by atoms with Gasteiger partial charge in [-0.2, -0.15) is 0 Å². The number of rotatable bonds is 3. The van der Waals surface area contributed by atoms with Gasteiger partial charge in [-0.15, -0.1) is 0 Å². The summed E-state index contributed by atoms with van der Waals surface area (Å²) in [6, 6.07) is 10.6. The number of ether oxygens (including phenoxy) is 1. The molecule has 2 aliphatic rings. The van der Waals surface area contributed by atoms with Crippen LogP contribution in [0, 0.1) is 5.92 Å². The molecule has 1 unspecified atom stereocenters. The lowest BCUT2D eigenvalue weighted by atomic mass is 10.0. The smallest absolute Gasteiger partial charge is 0.157 e. The lowest BCUT2D eigenvalue weighted by Crippen LogP contribution is -2.30. The van der Waals surface area contributed by atoms with E-state index < -0.39 is 0 Å². The second-order valence-corrected chi connectivity index (χ2v) is 6.29. The fraction of sp³-hybridized carbons (Fsp3) is 0.533. The van der Waals surface area contributed by atoms with Gasteiger partial charge in [0.25, 0.3) is 0 Å². The van der Waals surface area contributed by atoms with Crippen molar-refractivity contribution in [3.63, 3.8) is 0 Å². The Morgan fingerprint density at radius 1 is 1.21 bits per heavy atom. The highest BCUT2D eigenvalue weighted by Gasteiger charge is 2.22. The van der Waals surface area contributed by atoms with E-state index in [2.05, 4.69) is 40.6 Å². The van der Waals surface area contributed by atoms with Crippen molar-refractivity contribution in [1.82, 2.24) is 5.32 Å². The highest BCUT2D eigenvalue weighted by atomic mass is 32.2. The minimum Gasteiger partial charge on any atom is -0.381 e. The molecule has 1 atom stereocenters. The zero-order chi connectivity index (χ0) is 12.9. The van der Waals surface area contributed by atoms with Crippen LogP contribution in [0.2, 0.25) is 0 Å². The molecule has 1 aromatic carbocycles. The molecule has 0 aromatic heterocycles. The van der Waals surface area contributed by atoms with Gasteiger partial charge in [-0.25, -0.2) is 0 Å². The Labute approximate surface area is 118 Å². The Bertz CT molecular complexity index is 429. The van der Waals surface area contributed by atoms with Gasteiger partial charge in [0.05, 0.1) is 11.8 Å². The lowest BCUT2D eigenvalue weighted by Gasteiger charge is -2.22. The van der Waals surface area contributed by atoms with Gasteiger partial charge >= 0.3 is 0 Å². The summed E-state index contributed by atoms with van der Waals surface area (Å²) < 4.78 is 5.38. The minimum atomic E-state index is 0.485. The number of hydrogen-bond acceptors (Lipinski definition) is 4. The molecule has 2 aliphatic heterocycles. The molecule has 1 aromatic rings. The maximum absolute atomic E-state index is 5.38. The maximum Gasteiger partial charge on any atom is 0.157 e. The summed E-state index contributed by atoms with van der Waals surface area (Å²) in [5, 5.41) is 5.10. The fourth-order valence-electron chi connectivity index (χ4n) is 2.50. The third-order valence-corrected chi connectivity index (χ3v) is 4.91. The van der Waals surface area contributed by atoms with Crippen molar-refractivity contribution >= 4 is 16.9 Å². The number of thioether (sulfide) groups is 1. The molecule has 1 fully saturated rings. The van der Waals surface area contributed by atoms with E-state index >= 15 is 0 Å². The molecule has 19 heavy (non-hydrogen) atoms. The number of amidine groups is 1. The monoisotopic (exact) mass is 276 g/mol. The molecule has 2 heterocycles. The molecule has 0 saturated carbocycles. The molecule has 4 heteroatoms. The highest BCUT2D eigenvalue weighted by molar-refractivity contribution is 8.14. The number of nitrogens with one attached hydrogen (secondary N) is 1. The van der Waals surface area contributed by atoms with Crippen molar-refractivity contribution in [1.29, 1.82) is 0 Å². The summed E-state index contributed by atoms with van der Waals surface area (Å²) in [6.45, 7) is 3.76. The highest BCUT2D eigenvalue weighted by Crippen LogP contribution is 2.34. The summed E-state index contributed by atoms with van der Waals surface area (Å²) in [4.78, 5) is 4.62. The lowest BCUT2D eigenvalue weighted by molar-refractivity contribution is 0.0676. The van der Waals surface area contributed by atoms with Crippen molar-refractivity contribution in [2.45, 2.75) is 18.1 Å². The van der Waals surface area contributed by atoms with Crippen molar-refractivity contribution in [2.75, 3.05) is 26.3 Å². The van der Waals surface area contributed by atoms with E-state index in [1.165, 1.54) is 18.4 Å². The van der Waals surface area contributed by atoms with E-state index in [0.29, 0.717) is 5.25 Å². The molecule has 0 spiro atoms. The van der Waals surface area contributed by atoms with Crippen molar-refractivity contribution in [3.05, 3.63) is 35.9 Å². The SMILES string of the molecule is c1ccc(C2CN=C(NCC3CCOCC3)S2)cc1. The zero-order valence-corrected chi connectivity index (χ0v) is 11.9. The number of aliphatic imine (C=N–C) groups is 1. The van der Waals surface area contributed by atoms with Crippen LogP contribution >= 0.6 is 11.8 Å². The normalized spacial score (nSPS) is 24.2. The number of benzene rings is 1. The largest absolute Gasteiger partial charge is 0.381 e. The van der Waals surface area contributed by atoms with Gasteiger partial charge in [0.2, 0.25) is 0 Å². The van der Waals surface area contributed by atoms with Crippen LogP contribution in [0.3, 0.4) is 0 Å². The predicted molar refractivity (Wildman–Crippen MR) is 80.6 cm³/mol. The predicted octanol–water partition coefficient (Wildman–Crippen LogP) is 2.85. The van der Waals surface area contributed by atoms with Crippen molar-refractivity contribution < 1.29 is 4.74 Å². The molecule has 0 radical (unpaired) electrons. The van der Waals surface area contributed by atoms with Gasteiger partial charge in [0.15, 0.2) is 5.17 Å². The Balaban J connectivity index is 1.46. The van der Waals surface area contributed by atoms with E-state index in [4.69, 9.17) is 4.74 Å². The van der Waals surface area contributed by atoms with Crippen molar-refractivity contribution in [3.8, 4) is 0 Å². The van der Waals surface area contributed by atoms with Gasteiger partial charge in [-0.3, -0.25) is 4.99 Å². The molecule has 3 nitrogen and oxygen atoms in total. The van der Waals surface area contributed by atoms with E-state index in [9.17, 15) is 0 Å². The topological polar surface area (TPSA) is 33.6 Å². The molecule has 102 valence electrons. The Kier molecular flexibility index (Phi) is 4.41. The van der Waals surface area contributed by atoms with Gasteiger partial charge in [0, 0.05) is 19.8 Å². The molecule has 0 aliphatic carbocycles. The molecular weight excluding hydrogens is 256 g/mol. The van der Waals surface area contributed by atoms with E-state index in [0.717, 1.165) is 37.4 Å². The fourth-order valence-corrected chi connectivity index (χ4v) is 3.52. The standard InChI is InChI=1S/C15H20N2OS/c1-2-4-13(5-3-1)14-11-17-15(19-14)16-10-12-6-8-18-9-7-12/h1-5,12,14H,6-11H2,(H,16,17). The first-order valence-electron chi connectivity index (χ1n) is 6.99. The third kappa shape index (κ3) is 3.51. The Morgan fingerprint density at radius 2 is 2.00 bits per heavy atom. The first-order chi connectivity index (χ1) is 9.42. The van der Waals surface area contributed by atoms with Gasteiger partial charge in [-0.1, -0.05) is 42.1 Å². The first kappa shape index (κ1) is 13.0. The molecule has 3 rings (SSSR count). The minimum absolute atomic E-state index is 0.485. The van der Waals surface area contributed by atoms with Gasteiger partial charge < -0.3 is 10.1 Å². The van der Waals surface area contributed by atoms with Crippen LogP contribution < -0.4 is 5.32 Å². The third-order valence-electron chi connectivity index (χ3n) is 3.71. The summed E-state index contributed by atoms with van der Waals surface area (Å²) in [5.41, 5.74) is 1.37. The molecule has 1 N–H and O–H groups in total. The van der Waals surface area contributed by atoms with Crippen LogP contribution in [-0.4, -0.2) is 31.5 Å². The van der Waals surface area contributed by atoms with Crippen LogP contribution in [0.25, 0.3) is 0 Å². The number of nitrogens with zero attached hydrogens (tertiary/aromatic N) is 1. The summed E-state index contributed by atoms with van der Waals surface area (Å²) in [7, 11) is 0. The summed E-state index contributed by atoms with van der Waals surface area (Å²) >= 11 is 1.86. The first-order valence-corrected chi connectivity index (χ1v) is 7.87. The summed E-state index contributed by atoms with van der Waals surface area (Å²) in [5.74, 6) is 0.743. The summed E-state index contributed by atoms with van der Waals surface area (Å²) in [6.07, 6.45) is 2.35. The molecule has 0 amide bonds. The van der Waals surface area contributed by atoms with Crippen LogP contribution in [0.15, 0.2) is 35.3 Å². The van der Waals surface area contributed by atoms with E-state index in [-0.39, 0.29) is 0 Å². The van der Waals surface area contributed by atoms with Crippen LogP contribution in [-0.2, 0) is 4.74 Å². The second kappa shape index (κ2) is 6.44. The van der Waals surface area contributed by atoms with Gasteiger partial charge in [0.1, 0.15) is 0 Å². The zero-order valence-electron chi connectivity index (χ0n) is 11.0. The average molecular weight is 276 g/mol. The van der Waals surface area contributed by atoms with Gasteiger partial charge in [-0.05, 0) is 24.3 Å². The van der Waals surface area contributed by atoms with Crippen LogP contribution in [0.5, 0.6) is 0 Å². The maximum atomic E-state index is 5.38. The van der Waals surface area contributed by atoms with E-state index in [1.807, 2.05) is 11.8 Å². The van der Waals surface area contributed by atoms with E-state index in [1.54, 1.807) is 0 Å². The Morgan fingerprint density at radius 3 is 2.79 bits per heavy atom. The number of hydrogen-bond donors (Lipinski definition) is 1. The second-order valence-electron chi connectivity index (χ2n) is 5.10. The molecule has 0 bridgehead atoms. The molecule has 1 saturated heterocycles.